The quantitative estimate of drug-likeness (QED) is 0.756. The molecule has 1 unspecified atom stereocenters. The van der Waals surface area contributed by atoms with Crippen LogP contribution in [0, 0.1) is 17.2 Å². The number of imide groups is 1. The van der Waals surface area contributed by atoms with Crippen LogP contribution in [0.15, 0.2) is 0 Å². The van der Waals surface area contributed by atoms with Gasteiger partial charge in [0.1, 0.15) is 17.6 Å². The Hall–Kier alpha value is -2.10. The molecule has 0 spiro atoms. The van der Waals surface area contributed by atoms with Gasteiger partial charge in [0.25, 0.3) is 5.91 Å². The van der Waals surface area contributed by atoms with Crippen LogP contribution in [0.2, 0.25) is 0 Å². The fraction of sp³-hybridized carbons (Fsp3) is 0.750. The summed E-state index contributed by atoms with van der Waals surface area (Å²) < 4.78 is 0. The molecule has 1 aliphatic heterocycles. The fourth-order valence-electron chi connectivity index (χ4n) is 3.67. The van der Waals surface area contributed by atoms with Crippen molar-refractivity contribution >= 4 is 17.8 Å². The van der Waals surface area contributed by atoms with Gasteiger partial charge in [0, 0.05) is 0 Å². The third-order valence-electron chi connectivity index (χ3n) is 5.30. The van der Waals surface area contributed by atoms with Gasteiger partial charge >= 0.3 is 6.03 Å². The van der Waals surface area contributed by atoms with Crippen molar-refractivity contribution in [3.05, 3.63) is 0 Å². The second kappa shape index (κ2) is 5.52. The minimum absolute atomic E-state index is 0.163. The van der Waals surface area contributed by atoms with E-state index in [0.717, 1.165) is 37.0 Å². The van der Waals surface area contributed by atoms with Crippen molar-refractivity contribution in [2.24, 2.45) is 5.92 Å². The Balaban J connectivity index is 1.65. The lowest BCUT2D eigenvalue weighted by molar-refractivity contribution is -0.135. The lowest BCUT2D eigenvalue weighted by atomic mass is 9.83. The zero-order chi connectivity index (χ0) is 16.7. The molecule has 1 heterocycles. The van der Waals surface area contributed by atoms with Crippen LogP contribution in [0.1, 0.15) is 51.9 Å². The normalized spacial score (nSPS) is 29.8. The Morgan fingerprint density at radius 2 is 2.00 bits per heavy atom. The molecule has 7 heteroatoms. The summed E-state index contributed by atoms with van der Waals surface area (Å²) in [4.78, 5) is 37.8. The molecule has 7 nitrogen and oxygen atoms in total. The van der Waals surface area contributed by atoms with Crippen LogP contribution in [-0.2, 0) is 9.59 Å². The molecule has 4 amide bonds. The lowest BCUT2D eigenvalue weighted by Gasteiger charge is -2.32. The fourth-order valence-corrected chi connectivity index (χ4v) is 3.67. The highest BCUT2D eigenvalue weighted by atomic mass is 16.2. The minimum Gasteiger partial charge on any atom is -0.336 e. The number of nitrogens with zero attached hydrogens (tertiary/aromatic N) is 2. The molecule has 0 radical (unpaired) electrons. The van der Waals surface area contributed by atoms with Crippen molar-refractivity contribution in [2.45, 2.75) is 62.9 Å². The van der Waals surface area contributed by atoms with Crippen LogP contribution >= 0.6 is 0 Å². The van der Waals surface area contributed by atoms with Crippen molar-refractivity contribution < 1.29 is 14.4 Å². The molecule has 1 saturated heterocycles. The van der Waals surface area contributed by atoms with E-state index in [-0.39, 0.29) is 18.4 Å². The Kier molecular flexibility index (Phi) is 3.78. The molecule has 3 fully saturated rings. The Morgan fingerprint density at radius 3 is 2.57 bits per heavy atom. The SMILES string of the molecule is CC1(C2CC2)NC(=O)N(CC(=O)NC2(C#N)CCCCC2)C1=O. The second-order valence-electron chi connectivity index (χ2n) is 7.10. The number of amides is 4. The third-order valence-corrected chi connectivity index (χ3v) is 5.30. The smallest absolute Gasteiger partial charge is 0.325 e. The first-order valence-electron chi connectivity index (χ1n) is 8.27. The van der Waals surface area contributed by atoms with E-state index in [0.29, 0.717) is 12.8 Å². The van der Waals surface area contributed by atoms with Gasteiger partial charge in [-0.3, -0.25) is 14.5 Å². The topological polar surface area (TPSA) is 102 Å². The monoisotopic (exact) mass is 318 g/mol. The molecule has 3 aliphatic rings. The van der Waals surface area contributed by atoms with Crippen LogP contribution in [-0.4, -0.2) is 40.4 Å². The molecule has 1 atom stereocenters. The minimum atomic E-state index is -0.880. The Labute approximate surface area is 135 Å². The van der Waals surface area contributed by atoms with Gasteiger partial charge in [-0.15, -0.1) is 0 Å². The van der Waals surface area contributed by atoms with Crippen LogP contribution in [0.5, 0.6) is 0 Å². The van der Waals surface area contributed by atoms with Gasteiger partial charge < -0.3 is 10.6 Å². The molecule has 0 aromatic carbocycles. The molecular formula is C16H22N4O3. The summed E-state index contributed by atoms with van der Waals surface area (Å²) in [7, 11) is 0. The standard InChI is InChI=1S/C16H22N4O3/c1-15(11-5-6-11)13(22)20(14(23)19-15)9-12(21)18-16(10-17)7-3-2-4-8-16/h11H,2-9H2,1H3,(H,18,21)(H,19,23). The summed E-state index contributed by atoms with van der Waals surface area (Å²) in [6, 6.07) is 1.68. The maximum absolute atomic E-state index is 12.5. The average molecular weight is 318 g/mol. The van der Waals surface area contributed by atoms with E-state index >= 15 is 0 Å². The van der Waals surface area contributed by atoms with E-state index in [4.69, 9.17) is 0 Å². The summed E-state index contributed by atoms with van der Waals surface area (Å²) in [6.07, 6.45) is 5.93. The van der Waals surface area contributed by atoms with Gasteiger partial charge in [-0.2, -0.15) is 5.26 Å². The van der Waals surface area contributed by atoms with Crippen molar-refractivity contribution in [3.8, 4) is 6.07 Å². The highest BCUT2D eigenvalue weighted by Gasteiger charge is 2.56. The summed E-state index contributed by atoms with van der Waals surface area (Å²) in [6.45, 7) is 1.40. The third kappa shape index (κ3) is 2.78. The zero-order valence-electron chi connectivity index (χ0n) is 13.4. The summed E-state index contributed by atoms with van der Waals surface area (Å²) in [5.41, 5.74) is -1.73. The largest absolute Gasteiger partial charge is 0.336 e. The lowest BCUT2D eigenvalue weighted by Crippen LogP contribution is -2.52. The molecule has 124 valence electrons. The van der Waals surface area contributed by atoms with Gasteiger partial charge in [0.15, 0.2) is 0 Å². The Morgan fingerprint density at radius 1 is 1.35 bits per heavy atom. The van der Waals surface area contributed by atoms with Crippen LogP contribution in [0.3, 0.4) is 0 Å². The van der Waals surface area contributed by atoms with E-state index in [1.54, 1.807) is 6.92 Å². The first-order valence-corrected chi connectivity index (χ1v) is 8.27. The predicted octanol–water partition coefficient (Wildman–Crippen LogP) is 1.05. The van der Waals surface area contributed by atoms with Gasteiger partial charge in [0.05, 0.1) is 6.07 Å². The van der Waals surface area contributed by atoms with Crippen molar-refractivity contribution in [3.63, 3.8) is 0 Å². The number of hydrogen-bond acceptors (Lipinski definition) is 4. The number of nitrogens with one attached hydrogen (secondary N) is 2. The Bertz CT molecular complexity index is 587. The maximum atomic E-state index is 12.5. The molecule has 2 aliphatic carbocycles. The summed E-state index contributed by atoms with van der Waals surface area (Å²) >= 11 is 0. The molecule has 2 saturated carbocycles. The first kappa shape index (κ1) is 15.8. The molecule has 2 N–H and O–H groups in total. The molecule has 0 aromatic heterocycles. The van der Waals surface area contributed by atoms with E-state index < -0.39 is 23.0 Å². The van der Waals surface area contributed by atoms with Gasteiger partial charge in [0.2, 0.25) is 5.91 Å². The van der Waals surface area contributed by atoms with Crippen molar-refractivity contribution in [1.29, 1.82) is 5.26 Å². The zero-order valence-corrected chi connectivity index (χ0v) is 13.4. The van der Waals surface area contributed by atoms with E-state index in [2.05, 4.69) is 16.7 Å². The number of carbonyl (C=O) groups excluding carboxylic acids is 3. The number of rotatable bonds is 4. The van der Waals surface area contributed by atoms with Crippen molar-refractivity contribution in [1.82, 2.24) is 15.5 Å². The number of nitriles is 1. The first-order chi connectivity index (χ1) is 10.9. The highest BCUT2D eigenvalue weighted by molar-refractivity contribution is 6.09. The number of urea groups is 1. The maximum Gasteiger partial charge on any atom is 0.325 e. The molecule has 0 aromatic rings. The summed E-state index contributed by atoms with van der Waals surface area (Å²) in [5, 5.41) is 14.9. The number of hydrogen-bond donors (Lipinski definition) is 2. The van der Waals surface area contributed by atoms with Crippen LogP contribution in [0.25, 0.3) is 0 Å². The van der Waals surface area contributed by atoms with Crippen molar-refractivity contribution in [2.75, 3.05) is 6.54 Å². The van der Waals surface area contributed by atoms with E-state index in [9.17, 15) is 19.6 Å². The molecule has 23 heavy (non-hydrogen) atoms. The van der Waals surface area contributed by atoms with Gasteiger partial charge in [-0.05, 0) is 38.5 Å². The predicted molar refractivity (Wildman–Crippen MR) is 80.9 cm³/mol. The van der Waals surface area contributed by atoms with Crippen LogP contribution < -0.4 is 10.6 Å². The van der Waals surface area contributed by atoms with Gasteiger partial charge in [-0.1, -0.05) is 19.3 Å². The average Bonchev–Trinajstić information content (AvgIpc) is 3.35. The number of carbonyl (C=O) groups is 3. The second-order valence-corrected chi connectivity index (χ2v) is 7.10. The highest BCUT2D eigenvalue weighted by Crippen LogP contribution is 2.42. The van der Waals surface area contributed by atoms with Crippen LogP contribution in [0.4, 0.5) is 4.79 Å². The molecule has 3 rings (SSSR count). The van der Waals surface area contributed by atoms with E-state index in [1.165, 1.54) is 0 Å². The van der Waals surface area contributed by atoms with E-state index in [1.807, 2.05) is 0 Å². The molecular weight excluding hydrogens is 296 g/mol. The summed E-state index contributed by atoms with van der Waals surface area (Å²) in [5.74, 6) is -0.623. The molecule has 0 bridgehead atoms. The van der Waals surface area contributed by atoms with Gasteiger partial charge in [-0.25, -0.2) is 4.79 Å².